The number of rotatable bonds is 5. The van der Waals surface area contributed by atoms with Gasteiger partial charge in [-0.3, -0.25) is 9.59 Å². The van der Waals surface area contributed by atoms with Crippen LogP contribution in [0.4, 0.5) is 5.69 Å². The molecule has 0 saturated carbocycles. The molecular weight excluding hydrogens is 274 g/mol. The van der Waals surface area contributed by atoms with Crippen LogP contribution in [0.15, 0.2) is 18.2 Å². The second-order valence-electron chi connectivity index (χ2n) is 5.70. The lowest BCUT2D eigenvalue weighted by atomic mass is 9.96. The molecule has 21 heavy (non-hydrogen) atoms. The van der Waals surface area contributed by atoms with Crippen molar-refractivity contribution in [2.75, 3.05) is 12.8 Å². The Morgan fingerprint density at radius 3 is 2.38 bits per heavy atom. The maximum atomic E-state index is 12.1. The van der Waals surface area contributed by atoms with Crippen LogP contribution in [-0.4, -0.2) is 29.8 Å². The van der Waals surface area contributed by atoms with E-state index in [1.165, 1.54) is 6.07 Å². The standard InChI is InChI=1S/C15H21NO5/c1-15(2,3)21-14(19)12(13(17)18)10-6-5-9(8-20-4)7-11(10)16/h5-7,12H,8,16H2,1-4H3,(H,17,18). The number of hydrogen-bond donors (Lipinski definition) is 2. The minimum absolute atomic E-state index is 0.219. The Kier molecular flexibility index (Phi) is 5.32. The highest BCUT2D eigenvalue weighted by Gasteiger charge is 2.34. The number of nitrogen functional groups attached to an aromatic ring is 1. The fourth-order valence-corrected chi connectivity index (χ4v) is 1.87. The smallest absolute Gasteiger partial charge is 0.325 e. The van der Waals surface area contributed by atoms with Gasteiger partial charge in [0.1, 0.15) is 5.60 Å². The summed E-state index contributed by atoms with van der Waals surface area (Å²) in [6, 6.07) is 4.79. The van der Waals surface area contributed by atoms with Gasteiger partial charge in [-0.1, -0.05) is 12.1 Å². The van der Waals surface area contributed by atoms with E-state index >= 15 is 0 Å². The van der Waals surface area contributed by atoms with Crippen molar-refractivity contribution in [2.24, 2.45) is 0 Å². The Morgan fingerprint density at radius 1 is 1.33 bits per heavy atom. The molecule has 0 radical (unpaired) electrons. The lowest BCUT2D eigenvalue weighted by Crippen LogP contribution is -2.31. The van der Waals surface area contributed by atoms with Crippen LogP contribution < -0.4 is 5.73 Å². The number of aliphatic carboxylic acids is 1. The van der Waals surface area contributed by atoms with E-state index < -0.39 is 23.5 Å². The molecule has 0 saturated heterocycles. The van der Waals surface area contributed by atoms with Crippen LogP contribution in [-0.2, 0) is 25.7 Å². The maximum Gasteiger partial charge on any atom is 0.325 e. The highest BCUT2D eigenvalue weighted by atomic mass is 16.6. The van der Waals surface area contributed by atoms with Crippen molar-refractivity contribution in [3.05, 3.63) is 29.3 Å². The summed E-state index contributed by atoms with van der Waals surface area (Å²) < 4.78 is 10.1. The SMILES string of the molecule is COCc1ccc(C(C(=O)O)C(=O)OC(C)(C)C)c(N)c1. The topological polar surface area (TPSA) is 98.8 Å². The number of carbonyl (C=O) groups excluding carboxylic acids is 1. The molecule has 0 heterocycles. The summed E-state index contributed by atoms with van der Waals surface area (Å²) in [5, 5.41) is 9.31. The monoisotopic (exact) mass is 295 g/mol. The van der Waals surface area contributed by atoms with E-state index in [1.54, 1.807) is 40.0 Å². The third kappa shape index (κ3) is 4.75. The first-order chi connectivity index (χ1) is 9.65. The number of carboxylic acids is 1. The summed E-state index contributed by atoms with van der Waals surface area (Å²) in [6.07, 6.45) is 0. The fraction of sp³-hybridized carbons (Fsp3) is 0.467. The molecule has 0 aliphatic carbocycles. The Labute approximate surface area is 123 Å². The van der Waals surface area contributed by atoms with Gasteiger partial charge in [0.05, 0.1) is 6.61 Å². The van der Waals surface area contributed by atoms with Crippen molar-refractivity contribution in [1.29, 1.82) is 0 Å². The number of ether oxygens (including phenoxy) is 2. The Morgan fingerprint density at radius 2 is 1.95 bits per heavy atom. The molecule has 3 N–H and O–H groups in total. The van der Waals surface area contributed by atoms with Crippen LogP contribution >= 0.6 is 0 Å². The summed E-state index contributed by atoms with van der Waals surface area (Å²) in [5.74, 6) is -3.57. The van der Waals surface area contributed by atoms with Gasteiger partial charge in [0.25, 0.3) is 0 Å². The number of nitrogens with two attached hydrogens (primary N) is 1. The zero-order valence-electron chi connectivity index (χ0n) is 12.7. The number of esters is 1. The third-order valence-corrected chi connectivity index (χ3v) is 2.66. The van der Waals surface area contributed by atoms with Crippen molar-refractivity contribution in [3.63, 3.8) is 0 Å². The second-order valence-corrected chi connectivity index (χ2v) is 5.70. The summed E-state index contributed by atoms with van der Waals surface area (Å²) in [6.45, 7) is 5.38. The Bertz CT molecular complexity index is 533. The van der Waals surface area contributed by atoms with E-state index in [0.29, 0.717) is 6.61 Å². The van der Waals surface area contributed by atoms with E-state index in [4.69, 9.17) is 15.2 Å². The van der Waals surface area contributed by atoms with Crippen LogP contribution in [0.1, 0.15) is 37.8 Å². The number of anilines is 1. The van der Waals surface area contributed by atoms with Crippen LogP contribution in [0.5, 0.6) is 0 Å². The van der Waals surface area contributed by atoms with Gasteiger partial charge < -0.3 is 20.3 Å². The van der Waals surface area contributed by atoms with E-state index in [0.717, 1.165) is 5.56 Å². The van der Waals surface area contributed by atoms with Crippen molar-refractivity contribution < 1.29 is 24.2 Å². The molecule has 0 aromatic heterocycles. The Balaban J connectivity index is 3.12. The lowest BCUT2D eigenvalue weighted by Gasteiger charge is -2.23. The third-order valence-electron chi connectivity index (χ3n) is 2.66. The predicted octanol–water partition coefficient (Wildman–Crippen LogP) is 1.93. The first kappa shape index (κ1) is 17.0. The number of hydrogen-bond acceptors (Lipinski definition) is 5. The zero-order chi connectivity index (χ0) is 16.2. The summed E-state index contributed by atoms with van der Waals surface area (Å²) >= 11 is 0. The molecule has 116 valence electrons. The van der Waals surface area contributed by atoms with Gasteiger partial charge in [-0.15, -0.1) is 0 Å². The second kappa shape index (κ2) is 6.58. The molecule has 1 aromatic carbocycles. The van der Waals surface area contributed by atoms with E-state index in [9.17, 15) is 14.7 Å². The molecule has 1 rings (SSSR count). The summed E-state index contributed by atoms with van der Waals surface area (Å²) in [4.78, 5) is 23.5. The van der Waals surface area contributed by atoms with Crippen molar-refractivity contribution in [3.8, 4) is 0 Å². The van der Waals surface area contributed by atoms with Crippen LogP contribution in [0.25, 0.3) is 0 Å². The molecule has 0 aliphatic heterocycles. The van der Waals surface area contributed by atoms with E-state index in [2.05, 4.69) is 0 Å². The Hall–Kier alpha value is -2.08. The normalized spacial score (nSPS) is 12.8. The summed E-state index contributed by atoms with van der Waals surface area (Å²) in [7, 11) is 1.55. The molecule has 0 amide bonds. The van der Waals surface area contributed by atoms with Crippen molar-refractivity contribution in [2.45, 2.75) is 38.9 Å². The van der Waals surface area contributed by atoms with E-state index in [1.807, 2.05) is 0 Å². The molecule has 6 heteroatoms. The number of carbonyl (C=O) groups is 2. The van der Waals surface area contributed by atoms with Gasteiger partial charge in [-0.25, -0.2) is 0 Å². The minimum atomic E-state index is -1.44. The van der Waals surface area contributed by atoms with Crippen molar-refractivity contribution in [1.82, 2.24) is 0 Å². The molecule has 6 nitrogen and oxygen atoms in total. The van der Waals surface area contributed by atoms with Gasteiger partial charge >= 0.3 is 11.9 Å². The maximum absolute atomic E-state index is 12.1. The highest BCUT2D eigenvalue weighted by Crippen LogP contribution is 2.27. The predicted molar refractivity (Wildman–Crippen MR) is 77.8 cm³/mol. The molecule has 1 aromatic rings. The highest BCUT2D eigenvalue weighted by molar-refractivity contribution is 6.01. The molecule has 0 fully saturated rings. The lowest BCUT2D eigenvalue weighted by molar-refractivity contribution is -0.162. The van der Waals surface area contributed by atoms with Crippen LogP contribution in [0, 0.1) is 0 Å². The molecule has 1 atom stereocenters. The number of methoxy groups -OCH3 is 1. The summed E-state index contributed by atoms with van der Waals surface area (Å²) in [5.41, 5.74) is 6.34. The first-order valence-corrected chi connectivity index (χ1v) is 6.48. The quantitative estimate of drug-likeness (QED) is 0.489. The molecule has 0 aliphatic rings. The molecule has 1 unspecified atom stereocenters. The average Bonchev–Trinajstić information content (AvgIpc) is 2.30. The van der Waals surface area contributed by atoms with Gasteiger partial charge in [0.15, 0.2) is 5.92 Å². The van der Waals surface area contributed by atoms with Gasteiger partial charge in [-0.2, -0.15) is 0 Å². The largest absolute Gasteiger partial charge is 0.480 e. The average molecular weight is 295 g/mol. The number of benzene rings is 1. The molecule has 0 spiro atoms. The van der Waals surface area contributed by atoms with Gasteiger partial charge in [-0.05, 0) is 32.4 Å². The minimum Gasteiger partial charge on any atom is -0.480 e. The number of carboxylic acid groups (broad SMARTS) is 1. The first-order valence-electron chi connectivity index (χ1n) is 6.48. The molecular formula is C15H21NO5. The van der Waals surface area contributed by atoms with Gasteiger partial charge in [0.2, 0.25) is 0 Å². The van der Waals surface area contributed by atoms with Gasteiger partial charge in [0, 0.05) is 18.4 Å². The molecule has 0 bridgehead atoms. The van der Waals surface area contributed by atoms with Crippen molar-refractivity contribution >= 4 is 17.6 Å². The zero-order valence-corrected chi connectivity index (χ0v) is 12.7. The van der Waals surface area contributed by atoms with E-state index in [-0.39, 0.29) is 11.3 Å². The fourth-order valence-electron chi connectivity index (χ4n) is 1.87. The van der Waals surface area contributed by atoms with Crippen LogP contribution in [0.2, 0.25) is 0 Å². The van der Waals surface area contributed by atoms with Crippen LogP contribution in [0.3, 0.4) is 0 Å².